The van der Waals surface area contributed by atoms with E-state index in [9.17, 15) is 0 Å². The number of hydrogen-bond acceptors (Lipinski definition) is 6. The summed E-state index contributed by atoms with van der Waals surface area (Å²) in [5.41, 5.74) is 31.7. The van der Waals surface area contributed by atoms with Crippen molar-refractivity contribution in [1.82, 2.24) is 38.2 Å². The maximum atomic E-state index is 6.33. The predicted molar refractivity (Wildman–Crippen MR) is 504 cm³/mol. The van der Waals surface area contributed by atoms with Crippen molar-refractivity contribution in [1.29, 1.82) is 0 Å². The van der Waals surface area contributed by atoms with Crippen LogP contribution in [0.5, 0.6) is 0 Å². The minimum absolute atomic E-state index is 0.701. The Morgan fingerprint density at radius 2 is 0.541 bits per heavy atom. The summed E-state index contributed by atoms with van der Waals surface area (Å²) in [5, 5.41) is 16.6. The highest BCUT2D eigenvalue weighted by atomic mass is 16.3. The fraction of sp³-hybridized carbons (Fsp3) is 0. The van der Waals surface area contributed by atoms with Gasteiger partial charge in [-0.25, -0.2) is 19.9 Å². The van der Waals surface area contributed by atoms with E-state index in [1.165, 1.54) is 137 Å². The standard InChI is InChI=1S/2C56H34N4O/c1-2-15-39(16-3-1)59-48-23-7-4-17-43(48)46-32-35(27-29-51(46)59)36-28-30-52-47(33-36)44-18-5-8-24-49(44)60(52)50-25-12-21-41-40(20-11-22-42(41)50)37-13-10-14-38(31-37)54-56-55(58-34-57-54)45-19-6-9-26-53(45)61-56;1-2-13-42(14-3-1)59-49-18-7-4-15-44(49)47-32-38(24-27-51(47)59)39-25-28-52-48(33-39)45-16-5-8-19-50(45)60(52)43-26-23-35-21-22-37(30-41(35)31-43)36-11-10-12-40(29-36)54-56-55(58-34-57-54)46-17-6-9-20-53(46)61-56/h2*1-34H. The van der Waals surface area contributed by atoms with E-state index in [0.717, 1.165) is 94.8 Å². The number of benzene rings is 18. The Morgan fingerprint density at radius 1 is 0.189 bits per heavy atom. The number of nitrogens with zero attached hydrogens (tertiary/aromatic N) is 8. The molecule has 0 spiro atoms. The van der Waals surface area contributed by atoms with Crippen molar-refractivity contribution in [3.8, 4) is 89.8 Å². The molecule has 26 aromatic rings. The van der Waals surface area contributed by atoms with Crippen molar-refractivity contribution in [2.24, 2.45) is 0 Å². The van der Waals surface area contributed by atoms with Crippen LogP contribution in [0.1, 0.15) is 0 Å². The Morgan fingerprint density at radius 3 is 1.05 bits per heavy atom. The molecule has 0 aliphatic carbocycles. The molecule has 0 amide bonds. The van der Waals surface area contributed by atoms with E-state index in [4.69, 9.17) is 18.8 Å². The lowest BCUT2D eigenvalue weighted by atomic mass is 9.95. The molecular formula is C112H68N8O2. The number of furan rings is 2. The summed E-state index contributed by atoms with van der Waals surface area (Å²) in [5.74, 6) is 0. The Kier molecular flexibility index (Phi) is 15.5. The van der Waals surface area contributed by atoms with Crippen LogP contribution < -0.4 is 0 Å². The second-order valence-electron chi connectivity index (χ2n) is 31.6. The van der Waals surface area contributed by atoms with Gasteiger partial charge in [-0.15, -0.1) is 0 Å². The van der Waals surface area contributed by atoms with E-state index >= 15 is 0 Å². The molecule has 0 radical (unpaired) electrons. The second-order valence-corrected chi connectivity index (χ2v) is 31.6. The third-order valence-corrected chi connectivity index (χ3v) is 24.8. The lowest BCUT2D eigenvalue weighted by molar-refractivity contribution is 0.667. The number of hydrogen-bond donors (Lipinski definition) is 0. The first-order chi connectivity index (χ1) is 60.5. The molecule has 8 heterocycles. The largest absolute Gasteiger partial charge is 0.452 e. The first-order valence-corrected chi connectivity index (χ1v) is 41.3. The van der Waals surface area contributed by atoms with Crippen LogP contribution in [0.25, 0.3) is 243 Å². The van der Waals surface area contributed by atoms with Crippen molar-refractivity contribution in [3.05, 3.63) is 413 Å². The quantitative estimate of drug-likeness (QED) is 0.135. The molecule has 18 aromatic carbocycles. The predicted octanol–water partition coefficient (Wildman–Crippen LogP) is 29.4. The van der Waals surface area contributed by atoms with Crippen LogP contribution in [-0.2, 0) is 0 Å². The van der Waals surface area contributed by atoms with E-state index in [-0.39, 0.29) is 0 Å². The lowest BCUT2D eigenvalue weighted by Crippen LogP contribution is -1.96. The van der Waals surface area contributed by atoms with Gasteiger partial charge < -0.3 is 27.1 Å². The minimum atomic E-state index is 0.701. The van der Waals surface area contributed by atoms with Crippen LogP contribution in [-0.4, -0.2) is 38.2 Å². The zero-order chi connectivity index (χ0) is 80.0. The minimum Gasteiger partial charge on any atom is -0.452 e. The first-order valence-electron chi connectivity index (χ1n) is 41.3. The molecule has 0 saturated carbocycles. The van der Waals surface area contributed by atoms with Gasteiger partial charge in [0.2, 0.25) is 0 Å². The second kappa shape index (κ2) is 27.5. The fourth-order valence-electron chi connectivity index (χ4n) is 19.3. The molecule has 568 valence electrons. The van der Waals surface area contributed by atoms with E-state index in [2.05, 4.69) is 380 Å². The summed E-state index contributed by atoms with van der Waals surface area (Å²) < 4.78 is 22.2. The van der Waals surface area contributed by atoms with Gasteiger partial charge in [-0.2, -0.15) is 0 Å². The molecule has 0 N–H and O–H groups in total. The smallest absolute Gasteiger partial charge is 0.180 e. The van der Waals surface area contributed by atoms with Crippen molar-refractivity contribution in [3.63, 3.8) is 0 Å². The van der Waals surface area contributed by atoms with E-state index in [1.54, 1.807) is 12.7 Å². The van der Waals surface area contributed by atoms with Gasteiger partial charge in [-0.05, 0) is 218 Å². The molecular weight excluding hydrogens is 1490 g/mol. The summed E-state index contributed by atoms with van der Waals surface area (Å²) in [4.78, 5) is 18.6. The van der Waals surface area contributed by atoms with Gasteiger partial charge in [0.25, 0.3) is 0 Å². The molecule has 10 nitrogen and oxygen atoms in total. The summed E-state index contributed by atoms with van der Waals surface area (Å²) in [7, 11) is 0. The first kappa shape index (κ1) is 68.6. The topological polar surface area (TPSA) is 97.6 Å². The van der Waals surface area contributed by atoms with Crippen LogP contribution in [0.3, 0.4) is 0 Å². The normalized spacial score (nSPS) is 11.9. The van der Waals surface area contributed by atoms with Crippen molar-refractivity contribution in [2.75, 3.05) is 0 Å². The Hall–Kier alpha value is -16.6. The fourth-order valence-corrected chi connectivity index (χ4v) is 19.3. The summed E-state index contributed by atoms with van der Waals surface area (Å²) in [6.07, 6.45) is 3.26. The molecule has 0 saturated heterocycles. The number of rotatable bonds is 10. The van der Waals surface area contributed by atoms with Gasteiger partial charge in [-0.3, -0.25) is 0 Å². The molecule has 10 heteroatoms. The molecule has 122 heavy (non-hydrogen) atoms. The van der Waals surface area contributed by atoms with Crippen LogP contribution in [0, 0.1) is 0 Å². The van der Waals surface area contributed by atoms with Gasteiger partial charge in [0.15, 0.2) is 11.2 Å². The Balaban J connectivity index is 0.000000134. The van der Waals surface area contributed by atoms with Crippen LogP contribution >= 0.6 is 0 Å². The van der Waals surface area contributed by atoms with E-state index in [0.29, 0.717) is 11.2 Å². The van der Waals surface area contributed by atoms with E-state index in [1.807, 2.05) is 48.5 Å². The molecule has 0 unspecified atom stereocenters. The van der Waals surface area contributed by atoms with Crippen LogP contribution in [0.4, 0.5) is 0 Å². The number of fused-ring (bicyclic) bond motifs is 20. The lowest BCUT2D eigenvalue weighted by Gasteiger charge is -2.15. The van der Waals surface area contributed by atoms with Gasteiger partial charge in [0.1, 0.15) is 46.2 Å². The zero-order valence-electron chi connectivity index (χ0n) is 65.7. The highest BCUT2D eigenvalue weighted by molar-refractivity contribution is 6.17. The summed E-state index contributed by atoms with van der Waals surface area (Å²) >= 11 is 0. The number of para-hydroxylation sites is 8. The highest BCUT2D eigenvalue weighted by Gasteiger charge is 2.24. The van der Waals surface area contributed by atoms with Crippen molar-refractivity contribution in [2.45, 2.75) is 0 Å². The third-order valence-electron chi connectivity index (χ3n) is 24.8. The van der Waals surface area contributed by atoms with Gasteiger partial charge in [-0.1, -0.05) is 243 Å². The van der Waals surface area contributed by atoms with Gasteiger partial charge in [0.05, 0.1) is 49.8 Å². The van der Waals surface area contributed by atoms with E-state index < -0.39 is 0 Å². The molecule has 0 atom stereocenters. The monoisotopic (exact) mass is 1560 g/mol. The van der Waals surface area contributed by atoms with Crippen molar-refractivity contribution < 1.29 is 8.83 Å². The van der Waals surface area contributed by atoms with Gasteiger partial charge in [0, 0.05) is 87.4 Å². The van der Waals surface area contributed by atoms with Crippen LogP contribution in [0.2, 0.25) is 0 Å². The number of aromatic nitrogens is 8. The molecule has 8 aromatic heterocycles. The molecule has 0 fully saturated rings. The van der Waals surface area contributed by atoms with Crippen molar-refractivity contribution >= 4 is 153 Å². The summed E-state index contributed by atoms with van der Waals surface area (Å²) in [6.45, 7) is 0. The maximum absolute atomic E-state index is 6.33. The average molecular weight is 1560 g/mol. The molecule has 0 aliphatic heterocycles. The molecule has 0 aliphatic rings. The van der Waals surface area contributed by atoms with Crippen LogP contribution in [0.15, 0.2) is 422 Å². The zero-order valence-corrected chi connectivity index (χ0v) is 65.7. The van der Waals surface area contributed by atoms with Gasteiger partial charge >= 0.3 is 0 Å². The summed E-state index contributed by atoms with van der Waals surface area (Å²) in [6, 6.07) is 144. The third kappa shape index (κ3) is 10.9. The Bertz CT molecular complexity index is 8800. The molecule has 0 bridgehead atoms. The highest BCUT2D eigenvalue weighted by Crippen LogP contribution is 2.46. The average Bonchev–Trinajstić information content (AvgIpc) is 1.58. The maximum Gasteiger partial charge on any atom is 0.180 e. The Labute approximate surface area is 698 Å². The SMILES string of the molecule is c1ccc(-n2c3ccccc3c3cc(-c4ccc5c(c4)c4ccccc4n5-c4ccc5ccc(-c6cccc(-c7ncnc8c7oc7ccccc78)c6)cc5c4)ccc32)cc1.c1ccc(-n2c3ccccc3c3cc(-c4ccc5c(c4)c4ccccc4n5-c4cccc5c(-c6cccc(-c7ncnc8c7oc7ccccc78)c6)cccc45)ccc32)cc1. The molecule has 26 rings (SSSR count).